The van der Waals surface area contributed by atoms with Crippen molar-refractivity contribution in [2.24, 2.45) is 5.92 Å². The SMILES string of the molecule is CC1CCN(c2ccc(S(=O)(=O)C(C)C)c(NC=C3C(=O)OC(C)(C)OC3=O)c2)CC1. The summed E-state index contributed by atoms with van der Waals surface area (Å²) in [5, 5.41) is 2.22. The van der Waals surface area contributed by atoms with Gasteiger partial charge in [0.2, 0.25) is 0 Å². The number of piperidine rings is 1. The summed E-state index contributed by atoms with van der Waals surface area (Å²) in [5.74, 6) is -2.35. The van der Waals surface area contributed by atoms with Crippen LogP contribution in [0.2, 0.25) is 0 Å². The number of rotatable bonds is 5. The molecule has 2 fully saturated rings. The van der Waals surface area contributed by atoms with Crippen LogP contribution in [0.15, 0.2) is 34.9 Å². The van der Waals surface area contributed by atoms with Crippen LogP contribution in [-0.4, -0.2) is 44.5 Å². The molecule has 0 unspecified atom stereocenters. The van der Waals surface area contributed by atoms with Gasteiger partial charge in [0.05, 0.1) is 15.8 Å². The van der Waals surface area contributed by atoms with E-state index < -0.39 is 32.8 Å². The number of anilines is 2. The number of carbonyl (C=O) groups is 2. The van der Waals surface area contributed by atoms with Gasteiger partial charge in [-0.3, -0.25) is 0 Å². The van der Waals surface area contributed by atoms with E-state index in [9.17, 15) is 18.0 Å². The van der Waals surface area contributed by atoms with Crippen LogP contribution in [0, 0.1) is 5.92 Å². The Hall–Kier alpha value is -2.55. The fourth-order valence-corrected chi connectivity index (χ4v) is 4.71. The Morgan fingerprint density at radius 3 is 2.26 bits per heavy atom. The maximum Gasteiger partial charge on any atom is 0.350 e. The van der Waals surface area contributed by atoms with Crippen molar-refractivity contribution in [1.29, 1.82) is 0 Å². The summed E-state index contributed by atoms with van der Waals surface area (Å²) < 4.78 is 36.0. The van der Waals surface area contributed by atoms with E-state index in [4.69, 9.17) is 9.47 Å². The van der Waals surface area contributed by atoms with Gasteiger partial charge in [-0.15, -0.1) is 0 Å². The molecule has 0 spiro atoms. The van der Waals surface area contributed by atoms with Crippen LogP contribution in [0.1, 0.15) is 47.5 Å². The number of hydrogen-bond acceptors (Lipinski definition) is 8. The minimum Gasteiger partial charge on any atom is -0.419 e. The molecule has 1 aromatic carbocycles. The van der Waals surface area contributed by atoms with Crippen molar-refractivity contribution < 1.29 is 27.5 Å². The van der Waals surface area contributed by atoms with E-state index in [1.165, 1.54) is 13.8 Å². The summed E-state index contributed by atoms with van der Waals surface area (Å²) in [7, 11) is -3.60. The number of nitrogens with zero attached hydrogens (tertiary/aromatic N) is 1. The molecule has 170 valence electrons. The van der Waals surface area contributed by atoms with E-state index in [1.807, 2.05) is 0 Å². The summed E-state index contributed by atoms with van der Waals surface area (Å²) in [6.07, 6.45) is 3.27. The summed E-state index contributed by atoms with van der Waals surface area (Å²) in [4.78, 5) is 26.7. The topological polar surface area (TPSA) is 102 Å². The number of carbonyl (C=O) groups excluding carboxylic acids is 2. The van der Waals surface area contributed by atoms with Gasteiger partial charge in [0.1, 0.15) is 0 Å². The van der Waals surface area contributed by atoms with Gasteiger partial charge in [0.25, 0.3) is 5.79 Å². The monoisotopic (exact) mass is 450 g/mol. The smallest absolute Gasteiger partial charge is 0.350 e. The standard InChI is InChI=1S/C22H30N2O6S/c1-14(2)31(27,28)19-7-6-16(24-10-8-15(3)9-11-24)12-18(19)23-13-17-20(25)29-22(4,5)30-21(17)26/h6-7,12-15,23H,8-11H2,1-5H3. The first-order valence-corrected chi connectivity index (χ1v) is 12.0. The van der Waals surface area contributed by atoms with Gasteiger partial charge in [0, 0.05) is 38.8 Å². The van der Waals surface area contributed by atoms with E-state index in [2.05, 4.69) is 17.1 Å². The lowest BCUT2D eigenvalue weighted by molar-refractivity contribution is -0.222. The largest absolute Gasteiger partial charge is 0.419 e. The molecule has 9 heteroatoms. The molecule has 0 saturated carbocycles. The fraction of sp³-hybridized carbons (Fsp3) is 0.545. The lowest BCUT2D eigenvalue weighted by atomic mass is 9.99. The van der Waals surface area contributed by atoms with E-state index >= 15 is 0 Å². The predicted molar refractivity (Wildman–Crippen MR) is 117 cm³/mol. The molecule has 0 radical (unpaired) electrons. The Morgan fingerprint density at radius 1 is 1.13 bits per heavy atom. The average Bonchev–Trinajstić information content (AvgIpc) is 2.66. The Kier molecular flexibility index (Phi) is 6.36. The zero-order valence-electron chi connectivity index (χ0n) is 18.6. The normalized spacial score (nSPS) is 19.8. The number of nitrogens with one attached hydrogen (secondary N) is 1. The van der Waals surface area contributed by atoms with Gasteiger partial charge in [-0.2, -0.15) is 0 Å². The Balaban J connectivity index is 1.97. The molecular weight excluding hydrogens is 420 g/mol. The number of hydrogen-bond donors (Lipinski definition) is 1. The second-order valence-electron chi connectivity index (χ2n) is 8.83. The first-order valence-electron chi connectivity index (χ1n) is 10.5. The van der Waals surface area contributed by atoms with Crippen LogP contribution in [0.4, 0.5) is 11.4 Å². The highest BCUT2D eigenvalue weighted by Gasteiger charge is 2.39. The van der Waals surface area contributed by atoms with Gasteiger partial charge >= 0.3 is 11.9 Å². The van der Waals surface area contributed by atoms with E-state index in [1.54, 1.807) is 32.0 Å². The molecule has 0 bridgehead atoms. The van der Waals surface area contributed by atoms with Crippen molar-refractivity contribution in [2.75, 3.05) is 23.3 Å². The Bertz CT molecular complexity index is 983. The first kappa shape index (κ1) is 23.1. The summed E-state index contributed by atoms with van der Waals surface area (Å²) in [6, 6.07) is 5.12. The zero-order valence-corrected chi connectivity index (χ0v) is 19.4. The molecule has 0 aromatic heterocycles. The van der Waals surface area contributed by atoms with E-state index in [0.29, 0.717) is 11.6 Å². The number of ether oxygens (including phenoxy) is 2. The summed E-state index contributed by atoms with van der Waals surface area (Å²) >= 11 is 0. The van der Waals surface area contributed by atoms with Crippen molar-refractivity contribution in [2.45, 2.75) is 63.4 Å². The van der Waals surface area contributed by atoms with Gasteiger partial charge in [0.15, 0.2) is 15.4 Å². The zero-order chi connectivity index (χ0) is 23.0. The van der Waals surface area contributed by atoms with E-state index in [0.717, 1.165) is 37.8 Å². The van der Waals surface area contributed by atoms with Crippen LogP contribution < -0.4 is 10.2 Å². The number of benzene rings is 1. The molecule has 2 aliphatic rings. The maximum atomic E-state index is 12.9. The van der Waals surface area contributed by atoms with Crippen molar-refractivity contribution >= 4 is 33.2 Å². The Morgan fingerprint density at radius 2 is 1.71 bits per heavy atom. The van der Waals surface area contributed by atoms with Crippen LogP contribution in [-0.2, 0) is 28.9 Å². The third-order valence-electron chi connectivity index (χ3n) is 5.53. The number of esters is 2. The van der Waals surface area contributed by atoms with Crippen molar-refractivity contribution in [3.63, 3.8) is 0 Å². The molecule has 0 amide bonds. The lowest BCUT2D eigenvalue weighted by Gasteiger charge is -2.32. The van der Waals surface area contributed by atoms with E-state index in [-0.39, 0.29) is 10.5 Å². The van der Waals surface area contributed by atoms with Gasteiger partial charge in [-0.25, -0.2) is 18.0 Å². The first-order chi connectivity index (χ1) is 14.4. The fourth-order valence-electron chi connectivity index (χ4n) is 3.52. The lowest BCUT2D eigenvalue weighted by Crippen LogP contribution is -2.42. The molecule has 3 rings (SSSR count). The third kappa shape index (κ3) is 5.03. The highest BCUT2D eigenvalue weighted by Crippen LogP contribution is 2.32. The Labute approximate surface area is 183 Å². The second-order valence-corrected chi connectivity index (χ2v) is 11.3. The van der Waals surface area contributed by atoms with Crippen LogP contribution in [0.3, 0.4) is 0 Å². The van der Waals surface area contributed by atoms with Crippen LogP contribution in [0.25, 0.3) is 0 Å². The minimum atomic E-state index is -3.60. The molecular formula is C22H30N2O6S. The molecule has 1 N–H and O–H groups in total. The second kappa shape index (κ2) is 8.53. The van der Waals surface area contributed by atoms with Crippen molar-refractivity contribution in [3.8, 4) is 0 Å². The molecule has 1 aromatic rings. The maximum absolute atomic E-state index is 12.9. The van der Waals surface area contributed by atoms with Gasteiger partial charge < -0.3 is 19.7 Å². The highest BCUT2D eigenvalue weighted by atomic mass is 32.2. The number of sulfone groups is 1. The minimum absolute atomic E-state index is 0.103. The number of cyclic esters (lactones) is 2. The molecule has 0 atom stereocenters. The molecule has 8 nitrogen and oxygen atoms in total. The molecule has 31 heavy (non-hydrogen) atoms. The van der Waals surface area contributed by atoms with Gasteiger partial charge in [-0.05, 0) is 50.8 Å². The predicted octanol–water partition coefficient (Wildman–Crippen LogP) is 3.24. The van der Waals surface area contributed by atoms with Crippen LogP contribution >= 0.6 is 0 Å². The summed E-state index contributed by atoms with van der Waals surface area (Å²) in [5.41, 5.74) is 0.845. The molecule has 0 aliphatic carbocycles. The van der Waals surface area contributed by atoms with Crippen molar-refractivity contribution in [3.05, 3.63) is 30.0 Å². The average molecular weight is 451 g/mol. The van der Waals surface area contributed by atoms with Gasteiger partial charge in [-0.1, -0.05) is 6.92 Å². The van der Waals surface area contributed by atoms with Crippen LogP contribution in [0.5, 0.6) is 0 Å². The third-order valence-corrected chi connectivity index (χ3v) is 7.74. The molecule has 2 heterocycles. The van der Waals surface area contributed by atoms with Crippen molar-refractivity contribution in [1.82, 2.24) is 0 Å². The quantitative estimate of drug-likeness (QED) is 0.414. The summed E-state index contributed by atoms with van der Waals surface area (Å²) in [6.45, 7) is 10.1. The molecule has 2 aliphatic heterocycles. The molecule has 2 saturated heterocycles. The highest BCUT2D eigenvalue weighted by molar-refractivity contribution is 7.92.